The second kappa shape index (κ2) is 12.8. The lowest BCUT2D eigenvalue weighted by atomic mass is 9.76. The summed E-state index contributed by atoms with van der Waals surface area (Å²) in [5.41, 5.74) is 6.35. The van der Waals surface area contributed by atoms with E-state index in [9.17, 15) is 9.90 Å². The van der Waals surface area contributed by atoms with Crippen LogP contribution in [-0.2, 0) is 9.53 Å². The summed E-state index contributed by atoms with van der Waals surface area (Å²) >= 11 is 0. The second-order valence-electron chi connectivity index (χ2n) is 14.7. The number of hydrogen-bond donors (Lipinski definition) is 1. The van der Waals surface area contributed by atoms with Crippen molar-refractivity contribution in [2.75, 3.05) is 18.0 Å². The molecule has 2 aromatic carbocycles. The van der Waals surface area contributed by atoms with E-state index in [4.69, 9.17) is 19.6 Å². The largest absolute Gasteiger partial charge is 0.490 e. The van der Waals surface area contributed by atoms with Gasteiger partial charge < -0.3 is 19.5 Å². The number of carboxylic acids is 1. The van der Waals surface area contributed by atoms with E-state index in [0.29, 0.717) is 16.9 Å². The van der Waals surface area contributed by atoms with E-state index in [2.05, 4.69) is 74.2 Å². The molecular formula is C39H48N4O4. The number of allylic oxidation sites excluding steroid dienone is 1. The maximum atomic E-state index is 12.8. The molecule has 0 aliphatic carbocycles. The fourth-order valence-corrected chi connectivity index (χ4v) is 6.88. The lowest BCUT2D eigenvalue weighted by Gasteiger charge is -2.41. The fraction of sp³-hybridized carbons (Fsp3) is 0.462. The lowest BCUT2D eigenvalue weighted by Crippen LogP contribution is -2.41. The molecule has 3 aliphatic rings. The Morgan fingerprint density at radius 3 is 2.51 bits per heavy atom. The van der Waals surface area contributed by atoms with Gasteiger partial charge in [0, 0.05) is 42.4 Å². The Bertz CT molecular complexity index is 1810. The molecule has 2 atom stereocenters. The molecule has 4 aromatic rings. The molecule has 0 saturated carbocycles. The number of piperidine rings is 1. The molecule has 8 nitrogen and oxygen atoms in total. The smallest absolute Gasteiger partial charge is 0.337 e. The van der Waals surface area contributed by atoms with E-state index >= 15 is 0 Å². The molecule has 2 aromatic heterocycles. The Morgan fingerprint density at radius 2 is 1.79 bits per heavy atom. The zero-order valence-corrected chi connectivity index (χ0v) is 28.8. The van der Waals surface area contributed by atoms with Crippen LogP contribution < -0.4 is 9.64 Å². The third-order valence-electron chi connectivity index (χ3n) is 9.51. The minimum atomic E-state index is -1.19. The van der Waals surface area contributed by atoms with Crippen molar-refractivity contribution < 1.29 is 19.4 Å². The van der Waals surface area contributed by atoms with Crippen molar-refractivity contribution in [3.63, 3.8) is 0 Å². The molecule has 47 heavy (non-hydrogen) atoms. The number of carboxylic acid groups (broad SMARTS) is 1. The van der Waals surface area contributed by atoms with Gasteiger partial charge in [0.25, 0.3) is 0 Å². The summed E-state index contributed by atoms with van der Waals surface area (Å²) in [5, 5.41) is 15.6. The van der Waals surface area contributed by atoms with Gasteiger partial charge in [-0.05, 0) is 96.4 Å². The van der Waals surface area contributed by atoms with Gasteiger partial charge in [0.2, 0.25) is 0 Å². The third kappa shape index (κ3) is 7.08. The van der Waals surface area contributed by atoms with Crippen molar-refractivity contribution in [3.05, 3.63) is 77.5 Å². The van der Waals surface area contributed by atoms with Gasteiger partial charge in [0.05, 0.1) is 23.0 Å². The minimum Gasteiger partial charge on any atom is -0.490 e. The number of rotatable bonds is 3. The van der Waals surface area contributed by atoms with Crippen LogP contribution in [-0.4, -0.2) is 50.5 Å². The number of hydrogen-bond acceptors (Lipinski definition) is 6. The molecule has 0 amide bonds. The van der Waals surface area contributed by atoms with Crippen molar-refractivity contribution in [1.29, 1.82) is 0 Å². The number of carbonyl (C=O) groups is 1. The highest BCUT2D eigenvalue weighted by Gasteiger charge is 2.37. The summed E-state index contributed by atoms with van der Waals surface area (Å²) in [4.78, 5) is 20.1. The summed E-state index contributed by atoms with van der Waals surface area (Å²) in [7, 11) is 0. The van der Waals surface area contributed by atoms with Gasteiger partial charge in [-0.25, -0.2) is 9.78 Å². The summed E-state index contributed by atoms with van der Waals surface area (Å²) in [6.07, 6.45) is 8.35. The first-order valence-corrected chi connectivity index (χ1v) is 16.9. The van der Waals surface area contributed by atoms with Gasteiger partial charge in [0.15, 0.2) is 11.8 Å². The summed E-state index contributed by atoms with van der Waals surface area (Å²) in [6, 6.07) is 16.7. The highest BCUT2D eigenvalue weighted by molar-refractivity contribution is 5.80. The first-order valence-electron chi connectivity index (χ1n) is 16.9. The predicted molar refractivity (Wildman–Crippen MR) is 187 cm³/mol. The van der Waals surface area contributed by atoms with Gasteiger partial charge in [0.1, 0.15) is 11.6 Å². The van der Waals surface area contributed by atoms with E-state index in [-0.39, 0.29) is 11.5 Å². The Hall–Kier alpha value is -4.17. The molecule has 7 rings (SSSR count). The van der Waals surface area contributed by atoms with Crippen molar-refractivity contribution in [3.8, 4) is 28.1 Å². The summed E-state index contributed by atoms with van der Waals surface area (Å²) < 4.78 is 14.6. The molecule has 3 aliphatic heterocycles. The average molecular weight is 637 g/mol. The van der Waals surface area contributed by atoms with Crippen LogP contribution in [0.15, 0.2) is 60.7 Å². The van der Waals surface area contributed by atoms with Crippen LogP contribution in [0, 0.1) is 19.3 Å². The number of benzene rings is 2. The Kier molecular flexibility index (Phi) is 8.92. The predicted octanol–water partition coefficient (Wildman–Crippen LogP) is 8.73. The number of anilines is 1. The lowest BCUT2D eigenvalue weighted by molar-refractivity contribution is -0.160. The second-order valence-corrected chi connectivity index (χ2v) is 14.7. The van der Waals surface area contributed by atoms with Crippen LogP contribution in [0.4, 0.5) is 5.82 Å². The van der Waals surface area contributed by atoms with Crippen LogP contribution in [0.2, 0.25) is 0 Å². The monoisotopic (exact) mass is 636 g/mol. The van der Waals surface area contributed by atoms with Gasteiger partial charge in [-0.15, -0.1) is 0 Å². The maximum Gasteiger partial charge on any atom is 0.337 e. The summed E-state index contributed by atoms with van der Waals surface area (Å²) in [5.74, 6) is 0.579. The Morgan fingerprint density at radius 1 is 1.04 bits per heavy atom. The normalized spacial score (nSPS) is 21.0. The third-order valence-corrected chi connectivity index (χ3v) is 9.51. The molecule has 0 radical (unpaired) electrons. The zero-order valence-electron chi connectivity index (χ0n) is 28.8. The quantitative estimate of drug-likeness (QED) is 0.225. The zero-order chi connectivity index (χ0) is 33.5. The maximum absolute atomic E-state index is 12.8. The average Bonchev–Trinajstić information content (AvgIpc) is 3.43. The SMILES string of the molecule is Cc1ccc2c(c1)-c1cccc(c1)-c1cc3nc(C)c([C@H](OC(C)(C)C)C(=O)O)c(n3n1)N1CCC(C)(CCC=CC[C@H](C)O2)CC1. The number of nitrogens with zero attached hydrogens (tertiary/aromatic N) is 4. The Labute approximate surface area is 278 Å². The molecule has 248 valence electrons. The van der Waals surface area contributed by atoms with Gasteiger partial charge >= 0.3 is 5.97 Å². The topological polar surface area (TPSA) is 89.2 Å². The van der Waals surface area contributed by atoms with Gasteiger partial charge in [-0.3, -0.25) is 0 Å². The molecule has 8 heteroatoms. The molecule has 0 unspecified atom stereocenters. The van der Waals surface area contributed by atoms with Gasteiger partial charge in [-0.2, -0.15) is 9.61 Å². The standard InChI is InChI=1S/C39H48N4O4/c1-25-15-16-32-30(22-25)28-13-11-14-29(23-28)31-24-33-40-27(3)34(35(37(44)45)47-38(4,5)6)36(43(33)41-31)42-20-18-39(7,19-21-42)17-10-8-9-12-26(2)46-32/h8-9,11,13-16,22-24,26,35H,10,12,17-21H2,1-7H3,(H,44,45)/t26-,35-/m0/s1. The molecule has 6 bridgehead atoms. The van der Waals surface area contributed by atoms with Crippen molar-refractivity contribution in [2.24, 2.45) is 5.41 Å². The van der Waals surface area contributed by atoms with E-state index < -0.39 is 17.7 Å². The van der Waals surface area contributed by atoms with Crippen LogP contribution in [0.1, 0.15) is 89.6 Å². The van der Waals surface area contributed by atoms with E-state index in [1.54, 1.807) is 0 Å². The van der Waals surface area contributed by atoms with Gasteiger partial charge in [-0.1, -0.05) is 48.9 Å². The van der Waals surface area contributed by atoms with E-state index in [1.807, 2.05) is 44.3 Å². The molecule has 1 N–H and O–H groups in total. The minimum absolute atomic E-state index is 0.0394. The van der Waals surface area contributed by atoms with Crippen molar-refractivity contribution in [1.82, 2.24) is 14.6 Å². The van der Waals surface area contributed by atoms with Crippen molar-refractivity contribution >= 4 is 17.4 Å². The van der Waals surface area contributed by atoms with Crippen LogP contribution in [0.25, 0.3) is 28.0 Å². The molecule has 0 spiro atoms. The first kappa shape index (κ1) is 32.8. The fourth-order valence-electron chi connectivity index (χ4n) is 6.88. The van der Waals surface area contributed by atoms with E-state index in [1.165, 1.54) is 0 Å². The molecule has 1 fully saturated rings. The van der Waals surface area contributed by atoms with E-state index in [0.717, 1.165) is 84.7 Å². The van der Waals surface area contributed by atoms with Crippen molar-refractivity contribution in [2.45, 2.75) is 98.4 Å². The number of aliphatic carboxylic acids is 1. The summed E-state index contributed by atoms with van der Waals surface area (Å²) in [6.45, 7) is 15.7. The molecule has 5 heterocycles. The van der Waals surface area contributed by atoms with Crippen LogP contribution >= 0.6 is 0 Å². The number of aromatic nitrogens is 3. The van der Waals surface area contributed by atoms with Crippen LogP contribution in [0.3, 0.4) is 0 Å². The molecule has 1 saturated heterocycles. The Balaban J connectivity index is 1.55. The highest BCUT2D eigenvalue weighted by atomic mass is 16.5. The molecular weight excluding hydrogens is 588 g/mol. The number of ether oxygens (including phenoxy) is 2. The highest BCUT2D eigenvalue weighted by Crippen LogP contribution is 2.42. The first-order chi connectivity index (χ1) is 22.3. The number of fused-ring (bicyclic) bond motifs is 7. The van der Waals surface area contributed by atoms with Crippen LogP contribution in [0.5, 0.6) is 5.75 Å². The number of aryl methyl sites for hydroxylation is 2.